The van der Waals surface area contributed by atoms with Gasteiger partial charge >= 0.3 is 5.97 Å². The Morgan fingerprint density at radius 3 is 2.46 bits per heavy atom. The quantitative estimate of drug-likeness (QED) is 0.700. The summed E-state index contributed by atoms with van der Waals surface area (Å²) >= 11 is 0. The molecule has 0 aliphatic rings. The van der Waals surface area contributed by atoms with Gasteiger partial charge in [-0.15, -0.1) is 5.10 Å². The standard InChI is InChI=1S/C17H18N4O4S/c1-10-13(9-14(22)23)11(2)21-17(19-10)15(16(18-3)20-21)26(24,25)12-7-5-4-6-8-12/h4-8H,9H2,1-3H3,(H,18,20)(H,22,23). The highest BCUT2D eigenvalue weighted by Crippen LogP contribution is 2.31. The Kier molecular flexibility index (Phi) is 4.41. The number of carbonyl (C=O) groups is 1. The number of nitrogens with one attached hydrogen (secondary N) is 1. The zero-order valence-electron chi connectivity index (χ0n) is 14.5. The molecule has 0 aliphatic heterocycles. The van der Waals surface area contributed by atoms with Gasteiger partial charge in [-0.2, -0.15) is 0 Å². The van der Waals surface area contributed by atoms with E-state index in [-0.39, 0.29) is 27.7 Å². The molecular formula is C17H18N4O4S. The molecule has 3 rings (SSSR count). The number of carboxylic acids is 1. The lowest BCUT2D eigenvalue weighted by atomic mass is 10.1. The average molecular weight is 374 g/mol. The predicted octanol–water partition coefficient (Wildman–Crippen LogP) is 1.85. The second-order valence-corrected chi connectivity index (χ2v) is 7.70. The Hall–Kier alpha value is -2.94. The van der Waals surface area contributed by atoms with E-state index in [0.29, 0.717) is 17.0 Å². The second-order valence-electron chi connectivity index (χ2n) is 5.81. The number of benzene rings is 1. The first kappa shape index (κ1) is 17.9. The lowest BCUT2D eigenvalue weighted by Gasteiger charge is -2.10. The fraction of sp³-hybridized carbons (Fsp3) is 0.235. The van der Waals surface area contributed by atoms with Crippen molar-refractivity contribution in [2.24, 2.45) is 0 Å². The van der Waals surface area contributed by atoms with Crippen molar-refractivity contribution in [3.05, 3.63) is 47.3 Å². The van der Waals surface area contributed by atoms with E-state index in [2.05, 4.69) is 15.4 Å². The summed E-state index contributed by atoms with van der Waals surface area (Å²) in [7, 11) is -2.28. The Morgan fingerprint density at radius 2 is 1.88 bits per heavy atom. The third-order valence-corrected chi connectivity index (χ3v) is 5.98. The van der Waals surface area contributed by atoms with Gasteiger partial charge in [-0.25, -0.2) is 17.9 Å². The minimum absolute atomic E-state index is 0.0284. The summed E-state index contributed by atoms with van der Waals surface area (Å²) < 4.78 is 27.7. The van der Waals surface area contributed by atoms with Crippen molar-refractivity contribution in [2.75, 3.05) is 12.4 Å². The number of fused-ring (bicyclic) bond motifs is 1. The summed E-state index contributed by atoms with van der Waals surface area (Å²) in [5, 5.41) is 16.2. The molecule has 3 aromatic rings. The number of nitrogens with zero attached hydrogens (tertiary/aromatic N) is 3. The van der Waals surface area contributed by atoms with Crippen molar-refractivity contribution in [3.8, 4) is 0 Å². The Balaban J connectivity index is 2.35. The maximum absolute atomic E-state index is 13.1. The van der Waals surface area contributed by atoms with Crippen LogP contribution in [0.2, 0.25) is 0 Å². The predicted molar refractivity (Wildman–Crippen MR) is 95.2 cm³/mol. The number of aliphatic carboxylic acids is 1. The van der Waals surface area contributed by atoms with E-state index in [1.165, 1.54) is 16.6 Å². The summed E-state index contributed by atoms with van der Waals surface area (Å²) in [6, 6.07) is 8.05. The van der Waals surface area contributed by atoms with Crippen LogP contribution in [0.15, 0.2) is 40.1 Å². The average Bonchev–Trinajstić information content (AvgIpc) is 2.98. The van der Waals surface area contributed by atoms with Gasteiger partial charge in [0, 0.05) is 24.0 Å². The number of anilines is 1. The van der Waals surface area contributed by atoms with E-state index in [1.54, 1.807) is 39.1 Å². The van der Waals surface area contributed by atoms with Gasteiger partial charge in [0.05, 0.1) is 11.3 Å². The third kappa shape index (κ3) is 2.80. The van der Waals surface area contributed by atoms with Crippen molar-refractivity contribution in [1.82, 2.24) is 14.6 Å². The zero-order valence-corrected chi connectivity index (χ0v) is 15.3. The van der Waals surface area contributed by atoms with Crippen LogP contribution in [0.1, 0.15) is 17.0 Å². The van der Waals surface area contributed by atoms with Gasteiger partial charge in [0.2, 0.25) is 9.84 Å². The highest BCUT2D eigenvalue weighted by atomic mass is 32.2. The molecule has 0 aliphatic carbocycles. The number of sulfone groups is 1. The molecule has 0 amide bonds. The van der Waals surface area contributed by atoms with Crippen LogP contribution in [0.3, 0.4) is 0 Å². The fourth-order valence-corrected chi connectivity index (χ4v) is 4.40. The first-order valence-corrected chi connectivity index (χ1v) is 9.34. The van der Waals surface area contributed by atoms with E-state index in [4.69, 9.17) is 5.11 Å². The van der Waals surface area contributed by atoms with Crippen molar-refractivity contribution < 1.29 is 18.3 Å². The Morgan fingerprint density at radius 1 is 1.23 bits per heavy atom. The summed E-state index contributed by atoms with van der Waals surface area (Å²) in [5.41, 5.74) is 1.69. The van der Waals surface area contributed by atoms with E-state index >= 15 is 0 Å². The zero-order chi connectivity index (χ0) is 19.1. The topological polar surface area (TPSA) is 114 Å². The number of aryl methyl sites for hydroxylation is 2. The van der Waals surface area contributed by atoms with E-state index in [1.807, 2.05) is 0 Å². The third-order valence-electron chi connectivity index (χ3n) is 4.17. The van der Waals surface area contributed by atoms with Crippen LogP contribution in [0.5, 0.6) is 0 Å². The molecule has 2 aromatic heterocycles. The Labute approximate surface area is 150 Å². The van der Waals surface area contributed by atoms with Gasteiger partial charge in [-0.05, 0) is 26.0 Å². The minimum Gasteiger partial charge on any atom is -0.481 e. The largest absolute Gasteiger partial charge is 0.481 e. The number of rotatable bonds is 5. The van der Waals surface area contributed by atoms with Crippen molar-refractivity contribution in [3.63, 3.8) is 0 Å². The van der Waals surface area contributed by atoms with Gasteiger partial charge < -0.3 is 10.4 Å². The van der Waals surface area contributed by atoms with Gasteiger partial charge in [-0.1, -0.05) is 18.2 Å². The summed E-state index contributed by atoms with van der Waals surface area (Å²) in [5.74, 6) is -0.827. The highest BCUT2D eigenvalue weighted by molar-refractivity contribution is 7.91. The van der Waals surface area contributed by atoms with Crippen LogP contribution < -0.4 is 5.32 Å². The van der Waals surface area contributed by atoms with Gasteiger partial charge in [-0.3, -0.25) is 4.79 Å². The van der Waals surface area contributed by atoms with Crippen LogP contribution in [-0.2, 0) is 21.1 Å². The minimum atomic E-state index is -3.86. The molecule has 2 N–H and O–H groups in total. The van der Waals surface area contributed by atoms with Crippen LogP contribution in [0.25, 0.3) is 5.65 Å². The van der Waals surface area contributed by atoms with Crippen LogP contribution in [0, 0.1) is 13.8 Å². The molecular weight excluding hydrogens is 356 g/mol. The first-order chi connectivity index (χ1) is 12.3. The van der Waals surface area contributed by atoms with Crippen molar-refractivity contribution in [1.29, 1.82) is 0 Å². The number of hydrogen-bond donors (Lipinski definition) is 2. The number of hydrogen-bond acceptors (Lipinski definition) is 6. The maximum atomic E-state index is 13.1. The summed E-state index contributed by atoms with van der Waals surface area (Å²) in [4.78, 5) is 15.6. The van der Waals surface area contributed by atoms with E-state index in [0.717, 1.165) is 0 Å². The molecule has 26 heavy (non-hydrogen) atoms. The molecule has 2 heterocycles. The lowest BCUT2D eigenvalue weighted by Crippen LogP contribution is -2.11. The molecule has 0 saturated carbocycles. The van der Waals surface area contributed by atoms with Crippen molar-refractivity contribution in [2.45, 2.75) is 30.1 Å². The first-order valence-electron chi connectivity index (χ1n) is 7.86. The molecule has 0 saturated heterocycles. The lowest BCUT2D eigenvalue weighted by molar-refractivity contribution is -0.136. The van der Waals surface area contributed by atoms with E-state index in [9.17, 15) is 13.2 Å². The van der Waals surface area contributed by atoms with Gasteiger partial charge in [0.15, 0.2) is 16.4 Å². The maximum Gasteiger partial charge on any atom is 0.307 e. The van der Waals surface area contributed by atoms with E-state index < -0.39 is 15.8 Å². The second kappa shape index (κ2) is 6.41. The SMILES string of the molecule is CNc1nn2c(C)c(CC(=O)O)c(C)nc2c1S(=O)(=O)c1ccccc1. The summed E-state index contributed by atoms with van der Waals surface area (Å²) in [6.45, 7) is 3.36. The van der Waals surface area contributed by atoms with Gasteiger partial charge in [0.25, 0.3) is 0 Å². The molecule has 0 spiro atoms. The number of carboxylic acid groups (broad SMARTS) is 1. The molecule has 0 atom stereocenters. The molecule has 9 heteroatoms. The molecule has 0 fully saturated rings. The van der Waals surface area contributed by atoms with Crippen LogP contribution in [-0.4, -0.2) is 41.1 Å². The molecule has 0 bridgehead atoms. The molecule has 8 nitrogen and oxygen atoms in total. The van der Waals surface area contributed by atoms with Gasteiger partial charge in [0.1, 0.15) is 0 Å². The number of aromatic nitrogens is 3. The smallest absolute Gasteiger partial charge is 0.307 e. The molecule has 136 valence electrons. The van der Waals surface area contributed by atoms with Crippen LogP contribution in [0.4, 0.5) is 5.82 Å². The normalized spacial score (nSPS) is 11.7. The monoisotopic (exact) mass is 374 g/mol. The fourth-order valence-electron chi connectivity index (χ4n) is 2.88. The molecule has 0 radical (unpaired) electrons. The summed E-state index contributed by atoms with van der Waals surface area (Å²) in [6.07, 6.45) is -0.212. The highest BCUT2D eigenvalue weighted by Gasteiger charge is 2.29. The Bertz CT molecular complexity index is 1100. The molecule has 0 unspecified atom stereocenters. The van der Waals surface area contributed by atoms with Crippen LogP contribution >= 0.6 is 0 Å². The molecule has 1 aromatic carbocycles. The van der Waals surface area contributed by atoms with Crippen molar-refractivity contribution >= 4 is 27.3 Å².